The van der Waals surface area contributed by atoms with Gasteiger partial charge in [0.05, 0.1) is 0 Å². The maximum absolute atomic E-state index is 2.43. The van der Waals surface area contributed by atoms with Crippen molar-refractivity contribution in [2.75, 3.05) is 0 Å². The van der Waals surface area contributed by atoms with Crippen LogP contribution >= 0.6 is 0 Å². The van der Waals surface area contributed by atoms with Gasteiger partial charge < -0.3 is 0 Å². The van der Waals surface area contributed by atoms with Crippen molar-refractivity contribution in [3.8, 4) is 0 Å². The van der Waals surface area contributed by atoms with Crippen molar-refractivity contribution in [3.63, 3.8) is 0 Å². The third-order valence-corrected chi connectivity index (χ3v) is 4.02. The lowest BCUT2D eigenvalue weighted by Crippen LogP contribution is -1.98. The van der Waals surface area contributed by atoms with Gasteiger partial charge in [-0.2, -0.15) is 0 Å². The molecular weight excluding hydrogens is 228 g/mol. The van der Waals surface area contributed by atoms with E-state index in [-0.39, 0.29) is 0 Å². The third kappa shape index (κ3) is 14.0. The summed E-state index contributed by atoms with van der Waals surface area (Å²) in [6.07, 6.45) is 17.2. The fraction of sp³-hybridized carbons (Fsp3) is 0.895. The quantitative estimate of drug-likeness (QED) is 0.263. The highest BCUT2D eigenvalue weighted by molar-refractivity contribution is 4.86. The molecule has 0 heteroatoms. The molecule has 0 aliphatic rings. The van der Waals surface area contributed by atoms with Crippen LogP contribution in [-0.2, 0) is 0 Å². The first-order chi connectivity index (χ1) is 9.06. The molecule has 0 aromatic rings. The number of unbranched alkanes of at least 4 members (excludes halogenated alkanes) is 2. The normalized spacial score (nSPS) is 15.3. The largest absolute Gasteiger partial charge is 0.0883 e. The molecule has 0 rings (SSSR count). The average Bonchev–Trinajstić information content (AvgIpc) is 2.34. The predicted octanol–water partition coefficient (Wildman–Crippen LogP) is 7.00. The minimum absolute atomic E-state index is 0.778. The van der Waals surface area contributed by atoms with Gasteiger partial charge in [-0.25, -0.2) is 0 Å². The molecule has 0 nitrogen and oxygen atoms in total. The minimum Gasteiger partial charge on any atom is -0.0883 e. The highest BCUT2D eigenvalue weighted by Gasteiger charge is 2.04. The fourth-order valence-corrected chi connectivity index (χ4v) is 2.55. The second-order valence-corrected chi connectivity index (χ2v) is 6.91. The van der Waals surface area contributed by atoms with Gasteiger partial charge in [0, 0.05) is 0 Å². The predicted molar refractivity (Wildman–Crippen MR) is 89.5 cm³/mol. The van der Waals surface area contributed by atoms with E-state index in [9.17, 15) is 0 Å². The highest BCUT2D eigenvalue weighted by atomic mass is 14.1. The van der Waals surface area contributed by atoms with Crippen LogP contribution in [0.1, 0.15) is 92.4 Å². The molecule has 19 heavy (non-hydrogen) atoms. The number of hydrogen-bond acceptors (Lipinski definition) is 0. The first-order valence-corrected chi connectivity index (χ1v) is 8.72. The van der Waals surface area contributed by atoms with Gasteiger partial charge in [0.1, 0.15) is 0 Å². The van der Waals surface area contributed by atoms with E-state index in [1.807, 2.05) is 0 Å². The zero-order chi connectivity index (χ0) is 14.5. The van der Waals surface area contributed by atoms with Crippen molar-refractivity contribution < 1.29 is 0 Å². The van der Waals surface area contributed by atoms with Crippen molar-refractivity contribution >= 4 is 0 Å². The molecule has 0 aliphatic carbocycles. The van der Waals surface area contributed by atoms with E-state index in [0.717, 1.165) is 17.8 Å². The third-order valence-electron chi connectivity index (χ3n) is 4.02. The Balaban J connectivity index is 3.47. The van der Waals surface area contributed by atoms with E-state index in [0.29, 0.717) is 0 Å². The van der Waals surface area contributed by atoms with Gasteiger partial charge in [0.15, 0.2) is 0 Å². The molecule has 0 spiro atoms. The Hall–Kier alpha value is -0.260. The van der Waals surface area contributed by atoms with Gasteiger partial charge >= 0.3 is 0 Å². The van der Waals surface area contributed by atoms with Crippen molar-refractivity contribution in [3.05, 3.63) is 12.2 Å². The van der Waals surface area contributed by atoms with Crippen LogP contribution in [0.2, 0.25) is 0 Å². The maximum atomic E-state index is 2.43. The number of allylic oxidation sites excluding steroid dienone is 2. The molecule has 0 aliphatic heterocycles. The van der Waals surface area contributed by atoms with E-state index in [1.54, 1.807) is 0 Å². The number of hydrogen-bond donors (Lipinski definition) is 0. The molecule has 0 fully saturated rings. The van der Waals surface area contributed by atoms with Crippen LogP contribution in [0.5, 0.6) is 0 Å². The van der Waals surface area contributed by atoms with E-state index in [2.05, 4.69) is 46.8 Å². The summed E-state index contributed by atoms with van der Waals surface area (Å²) in [4.78, 5) is 0. The van der Waals surface area contributed by atoms with Gasteiger partial charge in [0.2, 0.25) is 0 Å². The highest BCUT2D eigenvalue weighted by Crippen LogP contribution is 2.19. The van der Waals surface area contributed by atoms with Crippen molar-refractivity contribution in [2.45, 2.75) is 92.4 Å². The fourth-order valence-electron chi connectivity index (χ4n) is 2.55. The van der Waals surface area contributed by atoms with Gasteiger partial charge in [-0.05, 0) is 30.6 Å². The molecule has 0 bridgehead atoms. The lowest BCUT2D eigenvalue weighted by molar-refractivity contribution is 0.413. The van der Waals surface area contributed by atoms with E-state index in [1.165, 1.54) is 57.8 Å². The van der Waals surface area contributed by atoms with E-state index < -0.39 is 0 Å². The minimum atomic E-state index is 0.778. The molecule has 114 valence electrons. The van der Waals surface area contributed by atoms with Crippen molar-refractivity contribution in [1.82, 2.24) is 0 Å². The van der Waals surface area contributed by atoms with E-state index in [4.69, 9.17) is 0 Å². The topological polar surface area (TPSA) is 0 Å². The van der Waals surface area contributed by atoms with E-state index >= 15 is 0 Å². The standard InChI is InChI=1S/C19H38/c1-6-7-8-9-13-18(4)15-11-16-19(5)14-10-12-17(2)3/h9,13,17-19H,6-8,10-12,14-16H2,1-5H3. The smallest absolute Gasteiger partial charge is 0.0262 e. The van der Waals surface area contributed by atoms with Crippen LogP contribution in [0.3, 0.4) is 0 Å². The molecule has 0 saturated heterocycles. The van der Waals surface area contributed by atoms with Crippen LogP contribution in [-0.4, -0.2) is 0 Å². The zero-order valence-corrected chi connectivity index (χ0v) is 14.3. The van der Waals surface area contributed by atoms with Crippen molar-refractivity contribution in [1.29, 1.82) is 0 Å². The zero-order valence-electron chi connectivity index (χ0n) is 14.3. The summed E-state index contributed by atoms with van der Waals surface area (Å²) >= 11 is 0. The first kappa shape index (κ1) is 18.7. The summed E-state index contributed by atoms with van der Waals surface area (Å²) in [6, 6.07) is 0. The Morgan fingerprint density at radius 1 is 0.789 bits per heavy atom. The van der Waals surface area contributed by atoms with Crippen LogP contribution in [0.25, 0.3) is 0 Å². The SMILES string of the molecule is CCCCC=CC(C)CCCC(C)CCCC(C)C. The van der Waals surface area contributed by atoms with Gasteiger partial charge in [-0.3, -0.25) is 0 Å². The van der Waals surface area contributed by atoms with Crippen LogP contribution in [0, 0.1) is 17.8 Å². The lowest BCUT2D eigenvalue weighted by Gasteiger charge is -2.13. The molecule has 0 aromatic heterocycles. The summed E-state index contributed by atoms with van der Waals surface area (Å²) in [5.74, 6) is 2.58. The monoisotopic (exact) mass is 266 g/mol. The molecule has 2 atom stereocenters. The Kier molecular flexibility index (Phi) is 12.6. The Labute approximate surface area is 123 Å². The lowest BCUT2D eigenvalue weighted by atomic mass is 9.93. The Bertz CT molecular complexity index is 202. The first-order valence-electron chi connectivity index (χ1n) is 8.72. The molecule has 0 saturated carbocycles. The second kappa shape index (κ2) is 12.8. The van der Waals surface area contributed by atoms with Crippen molar-refractivity contribution in [2.24, 2.45) is 17.8 Å². The molecule has 0 amide bonds. The summed E-state index contributed by atoms with van der Waals surface area (Å²) < 4.78 is 0. The summed E-state index contributed by atoms with van der Waals surface area (Å²) in [5.41, 5.74) is 0. The van der Waals surface area contributed by atoms with Crippen LogP contribution < -0.4 is 0 Å². The number of rotatable bonds is 12. The maximum Gasteiger partial charge on any atom is -0.0262 e. The van der Waals surface area contributed by atoms with Crippen LogP contribution in [0.15, 0.2) is 12.2 Å². The van der Waals surface area contributed by atoms with Crippen LogP contribution in [0.4, 0.5) is 0 Å². The molecular formula is C19H38. The Morgan fingerprint density at radius 3 is 2.00 bits per heavy atom. The molecule has 2 unspecified atom stereocenters. The Morgan fingerprint density at radius 2 is 1.42 bits per heavy atom. The van der Waals surface area contributed by atoms with Gasteiger partial charge in [-0.1, -0.05) is 91.7 Å². The summed E-state index contributed by atoms with van der Waals surface area (Å²) in [7, 11) is 0. The average molecular weight is 267 g/mol. The van der Waals surface area contributed by atoms with Gasteiger partial charge in [0.25, 0.3) is 0 Å². The molecule has 0 heterocycles. The molecule has 0 radical (unpaired) electrons. The summed E-state index contributed by atoms with van der Waals surface area (Å²) in [6.45, 7) is 11.7. The molecule has 0 aromatic carbocycles. The summed E-state index contributed by atoms with van der Waals surface area (Å²) in [5, 5.41) is 0. The second-order valence-electron chi connectivity index (χ2n) is 6.91. The van der Waals surface area contributed by atoms with Gasteiger partial charge in [-0.15, -0.1) is 0 Å². The molecule has 0 N–H and O–H groups in total.